The predicted molar refractivity (Wildman–Crippen MR) is 47.1 cm³/mol. The molecule has 0 rings (SSSR count). The Labute approximate surface area is 65.1 Å². The van der Waals surface area contributed by atoms with E-state index in [1.54, 1.807) is 0 Å². The van der Waals surface area contributed by atoms with Crippen molar-refractivity contribution in [2.45, 2.75) is 47.0 Å². The highest BCUT2D eigenvalue weighted by Gasteiger charge is 1.99. The largest absolute Gasteiger partial charge is 0.412 e. The predicted octanol–water partition coefficient (Wildman–Crippen LogP) is 2.64. The van der Waals surface area contributed by atoms with Crippen molar-refractivity contribution in [1.29, 1.82) is 0 Å². The van der Waals surface area contributed by atoms with Gasteiger partial charge in [-0.3, -0.25) is 0 Å². The van der Waals surface area contributed by atoms with Gasteiger partial charge in [0.05, 0.1) is 0 Å². The Morgan fingerprint density at radius 3 is 1.80 bits per heavy atom. The first-order chi connectivity index (χ1) is 4.16. The zero-order valence-corrected chi connectivity index (χ0v) is 7.78. The third-order valence-electron chi connectivity index (χ3n) is 1.93. The van der Waals surface area contributed by atoms with Crippen LogP contribution < -0.4 is 0 Å². The van der Waals surface area contributed by atoms with Crippen molar-refractivity contribution in [1.82, 2.24) is 0 Å². The van der Waals surface area contributed by atoms with E-state index in [4.69, 9.17) is 0 Å². The van der Waals surface area contributed by atoms with Crippen LogP contribution in [0.2, 0.25) is 0 Å². The van der Waals surface area contributed by atoms with Crippen LogP contribution in [0.5, 0.6) is 0 Å². The summed E-state index contributed by atoms with van der Waals surface area (Å²) in [5.74, 6) is 1.83. The van der Waals surface area contributed by atoms with E-state index in [1.807, 2.05) is 0 Å². The van der Waals surface area contributed by atoms with Gasteiger partial charge in [0.1, 0.15) is 0 Å². The molecule has 10 heavy (non-hydrogen) atoms. The quantitative estimate of drug-likeness (QED) is 0.584. The van der Waals surface area contributed by atoms with Gasteiger partial charge in [-0.05, 0) is 11.8 Å². The van der Waals surface area contributed by atoms with Crippen LogP contribution >= 0.6 is 0 Å². The van der Waals surface area contributed by atoms with Gasteiger partial charge >= 0.3 is 0 Å². The van der Waals surface area contributed by atoms with Crippen molar-refractivity contribution in [2.24, 2.45) is 11.8 Å². The molecular formula is C9H22O. The highest BCUT2D eigenvalue weighted by molar-refractivity contribution is 4.52. The van der Waals surface area contributed by atoms with Crippen molar-refractivity contribution in [3.05, 3.63) is 0 Å². The maximum Gasteiger partial charge on any atom is -0.0445 e. The summed E-state index contributed by atoms with van der Waals surface area (Å²) in [6.07, 6.45) is 4.15. The molecular weight excluding hydrogens is 124 g/mol. The lowest BCUT2D eigenvalue weighted by atomic mass is 9.98. The van der Waals surface area contributed by atoms with Crippen LogP contribution in [0.15, 0.2) is 0 Å². The monoisotopic (exact) mass is 146 g/mol. The van der Waals surface area contributed by atoms with E-state index in [-0.39, 0.29) is 5.48 Å². The minimum atomic E-state index is 0. The Morgan fingerprint density at radius 1 is 1.00 bits per heavy atom. The third-order valence-corrected chi connectivity index (χ3v) is 1.93. The first-order valence-electron chi connectivity index (χ1n) is 4.16. The lowest BCUT2D eigenvalue weighted by molar-refractivity contribution is 0.441. The average Bonchev–Trinajstić information content (AvgIpc) is 1.83. The van der Waals surface area contributed by atoms with Crippen LogP contribution in [-0.2, 0) is 0 Å². The molecule has 2 N–H and O–H groups in total. The van der Waals surface area contributed by atoms with Crippen molar-refractivity contribution in [2.75, 3.05) is 0 Å². The molecule has 0 aliphatic heterocycles. The molecule has 0 aliphatic rings. The second kappa shape index (κ2) is 7.07. The molecule has 64 valence electrons. The fourth-order valence-electron chi connectivity index (χ4n) is 0.822. The Balaban J connectivity index is 0. The van der Waals surface area contributed by atoms with Gasteiger partial charge < -0.3 is 5.48 Å². The Morgan fingerprint density at radius 2 is 1.50 bits per heavy atom. The van der Waals surface area contributed by atoms with E-state index in [9.17, 15) is 0 Å². The molecule has 0 saturated heterocycles. The Bertz CT molecular complexity index is 59.7. The molecule has 1 atom stereocenters. The minimum Gasteiger partial charge on any atom is -0.412 e. The van der Waals surface area contributed by atoms with E-state index in [0.29, 0.717) is 0 Å². The second-order valence-corrected chi connectivity index (χ2v) is 3.48. The summed E-state index contributed by atoms with van der Waals surface area (Å²) in [6, 6.07) is 0. The summed E-state index contributed by atoms with van der Waals surface area (Å²) in [6.45, 7) is 9.19. The summed E-state index contributed by atoms with van der Waals surface area (Å²) in [4.78, 5) is 0. The van der Waals surface area contributed by atoms with Gasteiger partial charge in [-0.2, -0.15) is 0 Å². The Hall–Kier alpha value is -0.0400. The molecule has 0 saturated carbocycles. The number of hydrogen-bond acceptors (Lipinski definition) is 0. The average molecular weight is 146 g/mol. The van der Waals surface area contributed by atoms with Crippen LogP contribution in [0.1, 0.15) is 47.0 Å². The fraction of sp³-hybridized carbons (Fsp3) is 1.00. The van der Waals surface area contributed by atoms with Crippen molar-refractivity contribution in [3.8, 4) is 0 Å². The van der Waals surface area contributed by atoms with Gasteiger partial charge in [0.2, 0.25) is 0 Å². The molecule has 1 heteroatoms. The normalized spacial score (nSPS) is 12.9. The van der Waals surface area contributed by atoms with Gasteiger partial charge in [-0.1, -0.05) is 47.0 Å². The highest BCUT2D eigenvalue weighted by atomic mass is 16.0. The summed E-state index contributed by atoms with van der Waals surface area (Å²) in [5, 5.41) is 0. The number of hydrogen-bond donors (Lipinski definition) is 0. The minimum absolute atomic E-state index is 0. The molecule has 0 heterocycles. The lowest BCUT2D eigenvalue weighted by Gasteiger charge is -2.09. The molecule has 1 nitrogen and oxygen atoms in total. The van der Waals surface area contributed by atoms with Gasteiger partial charge in [-0.25, -0.2) is 0 Å². The maximum atomic E-state index is 2.34. The van der Waals surface area contributed by atoms with E-state index >= 15 is 0 Å². The van der Waals surface area contributed by atoms with Crippen LogP contribution in [-0.4, -0.2) is 5.48 Å². The maximum absolute atomic E-state index is 2.34. The van der Waals surface area contributed by atoms with Crippen LogP contribution in [0.25, 0.3) is 0 Å². The van der Waals surface area contributed by atoms with E-state index in [2.05, 4.69) is 27.7 Å². The number of rotatable bonds is 4. The molecule has 0 fully saturated rings. The Kier molecular flexibility index (Phi) is 8.92. The topological polar surface area (TPSA) is 31.5 Å². The fourth-order valence-corrected chi connectivity index (χ4v) is 0.822. The van der Waals surface area contributed by atoms with Gasteiger partial charge in [0.15, 0.2) is 0 Å². The molecule has 0 aromatic carbocycles. The third kappa shape index (κ3) is 7.96. The smallest absolute Gasteiger partial charge is 0.0445 e. The molecule has 0 bridgehead atoms. The SMILES string of the molecule is CCC(C)CCC(C)C.O. The van der Waals surface area contributed by atoms with Crippen molar-refractivity contribution in [3.63, 3.8) is 0 Å². The van der Waals surface area contributed by atoms with Gasteiger partial charge in [0, 0.05) is 0 Å². The summed E-state index contributed by atoms with van der Waals surface area (Å²) >= 11 is 0. The summed E-state index contributed by atoms with van der Waals surface area (Å²) < 4.78 is 0. The highest BCUT2D eigenvalue weighted by Crippen LogP contribution is 2.13. The van der Waals surface area contributed by atoms with Gasteiger partial charge in [0.25, 0.3) is 0 Å². The van der Waals surface area contributed by atoms with Crippen LogP contribution in [0.3, 0.4) is 0 Å². The van der Waals surface area contributed by atoms with Gasteiger partial charge in [-0.15, -0.1) is 0 Å². The van der Waals surface area contributed by atoms with E-state index < -0.39 is 0 Å². The second-order valence-electron chi connectivity index (χ2n) is 3.48. The first kappa shape index (κ1) is 12.6. The zero-order chi connectivity index (χ0) is 7.28. The zero-order valence-electron chi connectivity index (χ0n) is 7.78. The van der Waals surface area contributed by atoms with Crippen molar-refractivity contribution < 1.29 is 5.48 Å². The molecule has 0 amide bonds. The van der Waals surface area contributed by atoms with Crippen LogP contribution in [0, 0.1) is 11.8 Å². The summed E-state index contributed by atoms with van der Waals surface area (Å²) in [7, 11) is 0. The standard InChI is InChI=1S/C9H20.H2O/c1-5-9(4)7-6-8(2)3;/h8-9H,5-7H2,1-4H3;1H2. The van der Waals surface area contributed by atoms with E-state index in [0.717, 1.165) is 11.8 Å². The van der Waals surface area contributed by atoms with Crippen molar-refractivity contribution >= 4 is 0 Å². The summed E-state index contributed by atoms with van der Waals surface area (Å²) in [5.41, 5.74) is 0. The molecule has 0 radical (unpaired) electrons. The van der Waals surface area contributed by atoms with Crippen LogP contribution in [0.4, 0.5) is 0 Å². The van der Waals surface area contributed by atoms with E-state index in [1.165, 1.54) is 19.3 Å². The molecule has 0 spiro atoms. The molecule has 0 aromatic rings. The lowest BCUT2D eigenvalue weighted by Crippen LogP contribution is -1.95. The molecule has 0 aromatic heterocycles. The molecule has 0 aliphatic carbocycles. The first-order valence-corrected chi connectivity index (χ1v) is 4.16. The molecule has 1 unspecified atom stereocenters.